The van der Waals surface area contributed by atoms with Crippen LogP contribution in [0.3, 0.4) is 0 Å². The highest BCUT2D eigenvalue weighted by Gasteiger charge is 2.19. The Labute approximate surface area is 140 Å². The van der Waals surface area contributed by atoms with Gasteiger partial charge in [-0.3, -0.25) is 4.79 Å². The summed E-state index contributed by atoms with van der Waals surface area (Å²) in [5.41, 5.74) is 1.31. The minimum absolute atomic E-state index is 0.307. The van der Waals surface area contributed by atoms with E-state index in [9.17, 15) is 14.7 Å². The van der Waals surface area contributed by atoms with E-state index in [0.29, 0.717) is 12.1 Å². The number of nitrogens with one attached hydrogen (secondary N) is 1. The van der Waals surface area contributed by atoms with E-state index in [-0.39, 0.29) is 0 Å². The number of rotatable bonds is 7. The molecular formula is C18H19NO5. The molecule has 2 rings (SSSR count). The van der Waals surface area contributed by atoms with Gasteiger partial charge in [-0.05, 0) is 23.3 Å². The molecule has 0 aliphatic carbocycles. The van der Waals surface area contributed by atoms with E-state index >= 15 is 0 Å². The van der Waals surface area contributed by atoms with Crippen molar-refractivity contribution >= 4 is 11.9 Å². The number of hydrogen-bond donors (Lipinski definition) is 2. The van der Waals surface area contributed by atoms with E-state index < -0.39 is 24.6 Å². The van der Waals surface area contributed by atoms with Gasteiger partial charge in [-0.2, -0.15) is 0 Å². The van der Waals surface area contributed by atoms with Gasteiger partial charge >= 0.3 is 5.97 Å². The predicted octanol–water partition coefficient (Wildman–Crippen LogP) is 1.59. The van der Waals surface area contributed by atoms with Crippen LogP contribution in [0.4, 0.5) is 0 Å². The first kappa shape index (κ1) is 17.5. The molecule has 2 aromatic carbocycles. The molecular weight excluding hydrogens is 310 g/mol. The first-order valence-corrected chi connectivity index (χ1v) is 7.39. The Kier molecular flexibility index (Phi) is 6.33. The lowest BCUT2D eigenvalue weighted by Gasteiger charge is -2.11. The number of methoxy groups -OCH3 is 1. The van der Waals surface area contributed by atoms with Crippen LogP contribution < -0.4 is 10.1 Å². The molecule has 0 heterocycles. The summed E-state index contributed by atoms with van der Waals surface area (Å²) in [6.07, 6.45) is -1.40. The van der Waals surface area contributed by atoms with Crippen LogP contribution in [0.25, 0.3) is 0 Å². The van der Waals surface area contributed by atoms with Crippen molar-refractivity contribution in [3.05, 3.63) is 65.7 Å². The van der Waals surface area contributed by atoms with E-state index in [1.807, 2.05) is 12.1 Å². The quantitative estimate of drug-likeness (QED) is 0.754. The highest BCUT2D eigenvalue weighted by Crippen LogP contribution is 2.13. The molecule has 0 saturated heterocycles. The number of hydrogen-bond acceptors (Lipinski definition) is 5. The summed E-state index contributed by atoms with van der Waals surface area (Å²) in [4.78, 5) is 23.4. The lowest BCUT2D eigenvalue weighted by molar-refractivity contribution is -0.157. The van der Waals surface area contributed by atoms with Crippen LogP contribution in [0, 0.1) is 0 Å². The summed E-state index contributed by atoms with van der Waals surface area (Å²) in [6, 6.07) is 15.6. The smallest absolute Gasteiger partial charge is 0.340 e. The number of carbonyl (C=O) groups excluding carboxylic acids is 2. The van der Waals surface area contributed by atoms with E-state index in [4.69, 9.17) is 9.47 Å². The zero-order valence-electron chi connectivity index (χ0n) is 13.3. The standard InChI is InChI=1S/C18H19NO5/c1-23-15-9-7-13(8-10-15)11-19-16(20)12-24-18(22)17(21)14-5-3-2-4-6-14/h2-10,17,21H,11-12H2,1H3,(H,19,20)/t17-/m0/s1. The maximum absolute atomic E-state index is 11.7. The second-order valence-electron chi connectivity index (χ2n) is 5.05. The fraction of sp³-hybridized carbons (Fsp3) is 0.222. The zero-order chi connectivity index (χ0) is 17.4. The minimum Gasteiger partial charge on any atom is -0.497 e. The van der Waals surface area contributed by atoms with Crippen molar-refractivity contribution in [2.24, 2.45) is 0 Å². The van der Waals surface area contributed by atoms with E-state index in [2.05, 4.69) is 5.32 Å². The molecule has 0 saturated carbocycles. The third-order valence-electron chi connectivity index (χ3n) is 3.33. The monoisotopic (exact) mass is 329 g/mol. The number of aliphatic hydroxyl groups is 1. The number of ether oxygens (including phenoxy) is 2. The van der Waals surface area contributed by atoms with E-state index in [1.54, 1.807) is 49.6 Å². The van der Waals surface area contributed by atoms with Gasteiger partial charge in [0.25, 0.3) is 5.91 Å². The molecule has 6 nitrogen and oxygen atoms in total. The summed E-state index contributed by atoms with van der Waals surface area (Å²) in [5.74, 6) is -0.575. The van der Waals surface area contributed by atoms with E-state index in [0.717, 1.165) is 11.3 Å². The number of carbonyl (C=O) groups is 2. The Morgan fingerprint density at radius 3 is 2.38 bits per heavy atom. The van der Waals surface area contributed by atoms with Gasteiger partial charge in [-0.1, -0.05) is 42.5 Å². The third kappa shape index (κ3) is 5.10. The summed E-state index contributed by atoms with van der Waals surface area (Å²) >= 11 is 0. The first-order valence-electron chi connectivity index (χ1n) is 7.39. The van der Waals surface area contributed by atoms with Crippen LogP contribution in [-0.2, 0) is 20.9 Å². The third-order valence-corrected chi connectivity index (χ3v) is 3.33. The first-order chi connectivity index (χ1) is 11.6. The van der Waals surface area contributed by atoms with Gasteiger partial charge in [0, 0.05) is 6.54 Å². The normalized spacial score (nSPS) is 11.4. The topological polar surface area (TPSA) is 84.9 Å². The highest BCUT2D eigenvalue weighted by molar-refractivity contribution is 5.82. The minimum atomic E-state index is -1.40. The second kappa shape index (κ2) is 8.69. The molecule has 6 heteroatoms. The van der Waals surface area contributed by atoms with Crippen LogP contribution in [0.1, 0.15) is 17.2 Å². The average molecular weight is 329 g/mol. The van der Waals surface area contributed by atoms with Gasteiger partial charge < -0.3 is 19.9 Å². The Morgan fingerprint density at radius 2 is 1.75 bits per heavy atom. The fourth-order valence-electron chi connectivity index (χ4n) is 1.98. The summed E-state index contributed by atoms with van der Waals surface area (Å²) in [7, 11) is 1.58. The van der Waals surface area contributed by atoms with Gasteiger partial charge in [0.05, 0.1) is 7.11 Å². The highest BCUT2D eigenvalue weighted by atomic mass is 16.5. The molecule has 1 atom stereocenters. The Hall–Kier alpha value is -2.86. The summed E-state index contributed by atoms with van der Waals surface area (Å²) in [5, 5.41) is 12.5. The van der Waals surface area contributed by atoms with Crippen LogP contribution in [0.2, 0.25) is 0 Å². The summed E-state index contributed by atoms with van der Waals surface area (Å²) in [6.45, 7) is -0.138. The Bertz CT molecular complexity index is 670. The van der Waals surface area contributed by atoms with Crippen molar-refractivity contribution < 1.29 is 24.2 Å². The molecule has 0 aliphatic rings. The van der Waals surface area contributed by atoms with Crippen molar-refractivity contribution in [3.8, 4) is 5.75 Å². The Morgan fingerprint density at radius 1 is 1.08 bits per heavy atom. The van der Waals surface area contributed by atoms with Crippen molar-refractivity contribution in [2.75, 3.05) is 13.7 Å². The largest absolute Gasteiger partial charge is 0.497 e. The molecule has 24 heavy (non-hydrogen) atoms. The second-order valence-corrected chi connectivity index (χ2v) is 5.05. The lowest BCUT2D eigenvalue weighted by atomic mass is 10.1. The van der Waals surface area contributed by atoms with Crippen molar-refractivity contribution in [1.82, 2.24) is 5.32 Å². The predicted molar refractivity (Wildman–Crippen MR) is 87.2 cm³/mol. The molecule has 1 amide bonds. The van der Waals surface area contributed by atoms with Gasteiger partial charge in [-0.25, -0.2) is 4.79 Å². The van der Waals surface area contributed by atoms with Crippen LogP contribution in [0.15, 0.2) is 54.6 Å². The van der Waals surface area contributed by atoms with Crippen molar-refractivity contribution in [1.29, 1.82) is 0 Å². The van der Waals surface area contributed by atoms with Crippen LogP contribution in [0.5, 0.6) is 5.75 Å². The number of benzene rings is 2. The molecule has 126 valence electrons. The molecule has 0 bridgehead atoms. The van der Waals surface area contributed by atoms with Crippen LogP contribution >= 0.6 is 0 Å². The number of amides is 1. The lowest BCUT2D eigenvalue weighted by Crippen LogP contribution is -2.29. The molecule has 0 spiro atoms. The number of aliphatic hydroxyl groups excluding tert-OH is 1. The van der Waals surface area contributed by atoms with Gasteiger partial charge in [0.2, 0.25) is 0 Å². The Balaban J connectivity index is 1.75. The molecule has 2 aromatic rings. The molecule has 0 radical (unpaired) electrons. The molecule has 0 aromatic heterocycles. The molecule has 2 N–H and O–H groups in total. The summed E-state index contributed by atoms with van der Waals surface area (Å²) < 4.78 is 9.87. The molecule has 0 aliphatic heterocycles. The van der Waals surface area contributed by atoms with Crippen molar-refractivity contribution in [3.63, 3.8) is 0 Å². The van der Waals surface area contributed by atoms with Gasteiger partial charge in [0.15, 0.2) is 12.7 Å². The fourth-order valence-corrected chi connectivity index (χ4v) is 1.98. The molecule has 0 unspecified atom stereocenters. The van der Waals surface area contributed by atoms with Crippen LogP contribution in [-0.4, -0.2) is 30.7 Å². The van der Waals surface area contributed by atoms with Gasteiger partial charge in [0.1, 0.15) is 5.75 Å². The SMILES string of the molecule is COc1ccc(CNC(=O)COC(=O)[C@@H](O)c2ccccc2)cc1. The number of esters is 1. The average Bonchev–Trinajstić information content (AvgIpc) is 2.64. The zero-order valence-corrected chi connectivity index (χ0v) is 13.3. The van der Waals surface area contributed by atoms with E-state index in [1.165, 1.54) is 0 Å². The molecule has 0 fully saturated rings. The maximum atomic E-state index is 11.7. The van der Waals surface area contributed by atoms with Crippen molar-refractivity contribution in [2.45, 2.75) is 12.6 Å². The van der Waals surface area contributed by atoms with Gasteiger partial charge in [-0.15, -0.1) is 0 Å². The maximum Gasteiger partial charge on any atom is 0.340 e.